The molecule has 0 spiro atoms. The second-order valence-corrected chi connectivity index (χ2v) is 7.98. The average molecular weight is 471 g/mol. The number of methoxy groups -OCH3 is 1. The number of carbonyl (C=O) groups is 2. The number of nitrogens with one attached hydrogen (secondary N) is 1. The number of aliphatic hydroxyl groups is 2. The number of aliphatic hydroxyl groups excluding tert-OH is 2. The van der Waals surface area contributed by atoms with Gasteiger partial charge in [0.1, 0.15) is 12.7 Å². The Morgan fingerprint density at radius 1 is 1.06 bits per heavy atom. The van der Waals surface area contributed by atoms with Crippen molar-refractivity contribution >= 4 is 18.0 Å². The summed E-state index contributed by atoms with van der Waals surface area (Å²) in [6.45, 7) is 0.322. The van der Waals surface area contributed by atoms with E-state index in [1.807, 2.05) is 48.5 Å². The Balaban J connectivity index is 1.67. The highest BCUT2D eigenvalue weighted by molar-refractivity contribution is 5.79. The lowest BCUT2D eigenvalue weighted by Crippen LogP contribution is -2.51. The minimum Gasteiger partial charge on any atom is -0.467 e. The first-order valence-corrected chi connectivity index (χ1v) is 10.9. The first-order valence-electron chi connectivity index (χ1n) is 10.9. The molecule has 182 valence electrons. The number of esters is 1. The summed E-state index contributed by atoms with van der Waals surface area (Å²) < 4.78 is 9.98. The smallest absolute Gasteiger partial charge is 0.407 e. The molecule has 10 nitrogen and oxygen atoms in total. The summed E-state index contributed by atoms with van der Waals surface area (Å²) in [4.78, 5) is 28.2. The Hall–Kier alpha value is -3.63. The molecule has 0 radical (unpaired) electrons. The number of ether oxygens (including phenoxy) is 2. The third kappa shape index (κ3) is 5.83. The van der Waals surface area contributed by atoms with Crippen LogP contribution in [-0.4, -0.2) is 66.7 Å². The lowest BCUT2D eigenvalue weighted by atomic mass is 9.98. The third-order valence-electron chi connectivity index (χ3n) is 5.79. The second kappa shape index (κ2) is 11.5. The number of alkyl carbamates (subject to hydrolysis) is 1. The maximum absolute atomic E-state index is 12.6. The number of aliphatic imine (C=N–C) groups is 1. The van der Waals surface area contributed by atoms with Gasteiger partial charge in [0.15, 0.2) is 12.1 Å². The zero-order valence-electron chi connectivity index (χ0n) is 18.9. The predicted molar refractivity (Wildman–Crippen MR) is 126 cm³/mol. The molecular weight excluding hydrogens is 440 g/mol. The van der Waals surface area contributed by atoms with Crippen molar-refractivity contribution in [3.63, 3.8) is 0 Å². The van der Waals surface area contributed by atoms with Gasteiger partial charge >= 0.3 is 12.1 Å². The van der Waals surface area contributed by atoms with Crippen LogP contribution >= 0.6 is 0 Å². The van der Waals surface area contributed by atoms with Crippen molar-refractivity contribution in [1.82, 2.24) is 5.32 Å². The summed E-state index contributed by atoms with van der Waals surface area (Å²) in [5.74, 6) is -1.24. The molecule has 0 unspecified atom stereocenters. The zero-order valence-corrected chi connectivity index (χ0v) is 18.9. The van der Waals surface area contributed by atoms with E-state index >= 15 is 0 Å². The van der Waals surface area contributed by atoms with Gasteiger partial charge in [0.25, 0.3) is 0 Å². The van der Waals surface area contributed by atoms with Crippen LogP contribution in [0, 0.1) is 0 Å². The minimum absolute atomic E-state index is 0.0796. The molecule has 0 heterocycles. The molecule has 3 atom stereocenters. The first kappa shape index (κ1) is 25.0. The normalized spacial score (nSPS) is 14.8. The molecular formula is C24H30N4O6. The topological polar surface area (TPSA) is 169 Å². The molecule has 0 aromatic heterocycles. The SMILES string of the molecule is COC(=O)[C@H](O)[C@H](O)[C@H](CCCN=C(N)N)NC(=O)OCC1c2ccccc2-c2ccccc21. The van der Waals surface area contributed by atoms with E-state index in [2.05, 4.69) is 15.0 Å². The van der Waals surface area contributed by atoms with E-state index in [1.165, 1.54) is 0 Å². The van der Waals surface area contributed by atoms with Crippen LogP contribution in [0.4, 0.5) is 4.79 Å². The summed E-state index contributed by atoms with van der Waals surface area (Å²) in [5, 5.41) is 23.1. The zero-order chi connectivity index (χ0) is 24.7. The molecule has 1 amide bonds. The van der Waals surface area contributed by atoms with Crippen molar-refractivity contribution in [3.8, 4) is 11.1 Å². The quantitative estimate of drug-likeness (QED) is 0.147. The largest absolute Gasteiger partial charge is 0.467 e. The van der Waals surface area contributed by atoms with Crippen LogP contribution in [-0.2, 0) is 14.3 Å². The summed E-state index contributed by atoms with van der Waals surface area (Å²) >= 11 is 0. The molecule has 0 aliphatic heterocycles. The van der Waals surface area contributed by atoms with Gasteiger partial charge in [0.2, 0.25) is 0 Å². The highest BCUT2D eigenvalue weighted by atomic mass is 16.6. The van der Waals surface area contributed by atoms with Crippen molar-refractivity contribution in [2.45, 2.75) is 37.0 Å². The Bertz CT molecular complexity index is 994. The van der Waals surface area contributed by atoms with Crippen LogP contribution in [0.25, 0.3) is 11.1 Å². The average Bonchev–Trinajstić information content (AvgIpc) is 3.16. The molecule has 1 aliphatic carbocycles. The van der Waals surface area contributed by atoms with E-state index in [4.69, 9.17) is 16.2 Å². The molecule has 1 aliphatic rings. The van der Waals surface area contributed by atoms with E-state index in [0.29, 0.717) is 6.42 Å². The third-order valence-corrected chi connectivity index (χ3v) is 5.79. The molecule has 34 heavy (non-hydrogen) atoms. The van der Waals surface area contributed by atoms with Gasteiger partial charge in [-0.2, -0.15) is 0 Å². The highest BCUT2D eigenvalue weighted by Gasteiger charge is 2.34. The van der Waals surface area contributed by atoms with Crippen molar-refractivity contribution in [2.24, 2.45) is 16.5 Å². The van der Waals surface area contributed by atoms with Crippen molar-refractivity contribution in [2.75, 3.05) is 20.3 Å². The van der Waals surface area contributed by atoms with Crippen molar-refractivity contribution in [1.29, 1.82) is 0 Å². The van der Waals surface area contributed by atoms with Gasteiger partial charge in [0, 0.05) is 12.5 Å². The Morgan fingerprint density at radius 2 is 1.65 bits per heavy atom. The van der Waals surface area contributed by atoms with Crippen molar-refractivity contribution < 1.29 is 29.3 Å². The predicted octanol–water partition coefficient (Wildman–Crippen LogP) is 0.842. The van der Waals surface area contributed by atoms with E-state index < -0.39 is 30.3 Å². The molecule has 0 fully saturated rings. The van der Waals surface area contributed by atoms with Crippen LogP contribution < -0.4 is 16.8 Å². The molecule has 2 aromatic rings. The van der Waals surface area contributed by atoms with Gasteiger partial charge in [-0.25, -0.2) is 9.59 Å². The summed E-state index contributed by atoms with van der Waals surface area (Å²) in [7, 11) is 1.09. The number of rotatable bonds is 10. The molecule has 3 rings (SSSR count). The maximum atomic E-state index is 12.6. The number of benzene rings is 2. The molecule has 0 saturated carbocycles. The second-order valence-electron chi connectivity index (χ2n) is 7.98. The number of amides is 1. The number of carbonyl (C=O) groups excluding carboxylic acids is 2. The van der Waals surface area contributed by atoms with E-state index in [0.717, 1.165) is 29.4 Å². The number of hydrogen-bond donors (Lipinski definition) is 5. The molecule has 10 heteroatoms. The van der Waals surface area contributed by atoms with Crippen LogP contribution in [0.3, 0.4) is 0 Å². The fourth-order valence-corrected chi connectivity index (χ4v) is 4.12. The van der Waals surface area contributed by atoms with Crippen LogP contribution in [0.5, 0.6) is 0 Å². The summed E-state index contributed by atoms with van der Waals surface area (Å²) in [6.07, 6.45) is -3.70. The Morgan fingerprint density at radius 3 is 2.21 bits per heavy atom. The van der Waals surface area contributed by atoms with E-state index in [-0.39, 0.29) is 31.4 Å². The maximum Gasteiger partial charge on any atom is 0.407 e. The molecule has 0 saturated heterocycles. The van der Waals surface area contributed by atoms with Gasteiger partial charge in [-0.3, -0.25) is 4.99 Å². The number of nitrogens with zero attached hydrogens (tertiary/aromatic N) is 1. The standard InChI is InChI=1S/C24H30N4O6/c1-33-22(31)21(30)20(29)19(11-6-12-27-23(25)26)28-24(32)34-13-18-16-9-4-2-7-14(16)15-8-3-5-10-17(15)18/h2-5,7-10,18-21,29-30H,6,11-13H2,1H3,(H,28,32)(H4,25,26,27)/t19-,20+,21+/m0/s1. The Labute approximate surface area is 197 Å². The lowest BCUT2D eigenvalue weighted by Gasteiger charge is -2.26. The number of fused-ring (bicyclic) bond motifs is 3. The van der Waals surface area contributed by atoms with Gasteiger partial charge in [-0.15, -0.1) is 0 Å². The van der Waals surface area contributed by atoms with E-state index in [1.54, 1.807) is 0 Å². The lowest BCUT2D eigenvalue weighted by molar-refractivity contribution is -0.157. The van der Waals surface area contributed by atoms with Crippen LogP contribution in [0.2, 0.25) is 0 Å². The molecule has 0 bridgehead atoms. The van der Waals surface area contributed by atoms with Gasteiger partial charge in [-0.05, 0) is 35.1 Å². The summed E-state index contributed by atoms with van der Waals surface area (Å²) in [5.41, 5.74) is 14.9. The van der Waals surface area contributed by atoms with Gasteiger partial charge in [0.05, 0.1) is 13.2 Å². The fraction of sp³-hybridized carbons (Fsp3) is 0.375. The molecule has 7 N–H and O–H groups in total. The Kier molecular flexibility index (Phi) is 8.44. The number of nitrogens with two attached hydrogens (primary N) is 2. The van der Waals surface area contributed by atoms with Gasteiger partial charge < -0.3 is 36.5 Å². The van der Waals surface area contributed by atoms with E-state index in [9.17, 15) is 19.8 Å². The molecule has 2 aromatic carbocycles. The summed E-state index contributed by atoms with van der Waals surface area (Å²) in [6, 6.07) is 14.9. The van der Waals surface area contributed by atoms with Crippen LogP contribution in [0.1, 0.15) is 29.9 Å². The first-order chi connectivity index (χ1) is 16.3. The monoisotopic (exact) mass is 470 g/mol. The highest BCUT2D eigenvalue weighted by Crippen LogP contribution is 2.44. The minimum atomic E-state index is -1.84. The van der Waals surface area contributed by atoms with Gasteiger partial charge in [-0.1, -0.05) is 48.5 Å². The van der Waals surface area contributed by atoms with Crippen LogP contribution in [0.15, 0.2) is 53.5 Å². The fourth-order valence-electron chi connectivity index (χ4n) is 4.12. The van der Waals surface area contributed by atoms with Crippen molar-refractivity contribution in [3.05, 3.63) is 59.7 Å². The number of hydrogen-bond acceptors (Lipinski definition) is 7. The number of guanidine groups is 1.